The van der Waals surface area contributed by atoms with Crippen molar-refractivity contribution in [2.75, 3.05) is 24.3 Å². The van der Waals surface area contributed by atoms with Gasteiger partial charge in [0, 0.05) is 4.90 Å². The van der Waals surface area contributed by atoms with Crippen molar-refractivity contribution in [1.82, 2.24) is 10.2 Å². The smallest absolute Gasteiger partial charge is 0.322 e. The first-order valence-electron chi connectivity index (χ1n) is 7.54. The van der Waals surface area contributed by atoms with E-state index in [9.17, 15) is 4.79 Å². The van der Waals surface area contributed by atoms with Crippen LogP contribution in [0.5, 0.6) is 0 Å². The summed E-state index contributed by atoms with van der Waals surface area (Å²) in [6.45, 7) is 3.00. The number of nitrogens with zero attached hydrogens (tertiary/aromatic N) is 2. The largest absolute Gasteiger partial charge is 0.494 e. The highest BCUT2D eigenvalue weighted by Crippen LogP contribution is 2.20. The van der Waals surface area contributed by atoms with Crippen LogP contribution in [0, 0.1) is 0 Å². The summed E-state index contributed by atoms with van der Waals surface area (Å²) >= 11 is 1.76. The third kappa shape index (κ3) is 4.29. The predicted molar refractivity (Wildman–Crippen MR) is 89.4 cm³/mol. The second kappa shape index (κ2) is 7.87. The summed E-state index contributed by atoms with van der Waals surface area (Å²) < 4.78 is 15.8. The maximum Gasteiger partial charge on any atom is 0.322 e. The van der Waals surface area contributed by atoms with E-state index in [0.717, 1.165) is 11.3 Å². The van der Waals surface area contributed by atoms with Crippen molar-refractivity contribution in [3.05, 3.63) is 42.0 Å². The average Bonchev–Trinajstić information content (AvgIpc) is 3.06. The van der Waals surface area contributed by atoms with E-state index in [1.807, 2.05) is 24.3 Å². The maximum absolute atomic E-state index is 12.1. The Hall–Kier alpha value is -2.48. The highest BCUT2D eigenvalue weighted by atomic mass is 32.2. The molecule has 1 amide bonds. The predicted octanol–water partition coefficient (Wildman–Crippen LogP) is 2.71. The number of anilines is 1. The quantitative estimate of drug-likeness (QED) is 0.804. The van der Waals surface area contributed by atoms with Crippen molar-refractivity contribution in [3.8, 4) is 0 Å². The summed E-state index contributed by atoms with van der Waals surface area (Å²) in [5.74, 6) is 1.32. The van der Waals surface area contributed by atoms with Gasteiger partial charge in [-0.2, -0.15) is 0 Å². The van der Waals surface area contributed by atoms with E-state index in [1.165, 1.54) is 11.2 Å². The number of nitrogens with one attached hydrogen (secondary N) is 1. The lowest BCUT2D eigenvalue weighted by Gasteiger charge is -2.11. The number of hydrogen-bond acceptors (Lipinski definition) is 7. The van der Waals surface area contributed by atoms with Crippen LogP contribution in [0.1, 0.15) is 18.4 Å². The average molecular weight is 347 g/mol. The van der Waals surface area contributed by atoms with E-state index in [1.54, 1.807) is 11.8 Å². The molecule has 2 heterocycles. The Morgan fingerprint density at radius 3 is 2.79 bits per heavy atom. The molecule has 1 aliphatic heterocycles. The Bertz CT molecular complexity index is 727. The molecule has 7 nitrogen and oxygen atoms in total. The Labute approximate surface area is 143 Å². The molecule has 0 spiro atoms. The number of benzene rings is 1. The minimum Gasteiger partial charge on any atom is -0.494 e. The third-order valence-corrected chi connectivity index (χ3v) is 4.02. The zero-order valence-corrected chi connectivity index (χ0v) is 14.0. The first-order valence-corrected chi connectivity index (χ1v) is 8.53. The zero-order valence-electron chi connectivity index (χ0n) is 13.2. The number of carbonyl (C=O) groups is 1. The Balaban J connectivity index is 1.56. The topological polar surface area (TPSA) is 86.5 Å². The van der Waals surface area contributed by atoms with Crippen molar-refractivity contribution in [3.63, 3.8) is 0 Å². The summed E-state index contributed by atoms with van der Waals surface area (Å²) in [5, 5.41) is 10.2. The van der Waals surface area contributed by atoms with Gasteiger partial charge in [-0.1, -0.05) is 24.2 Å². The first-order chi connectivity index (χ1) is 11.7. The van der Waals surface area contributed by atoms with E-state index in [4.69, 9.17) is 13.9 Å². The SMILES string of the molecule is CCSc1ccc(CC(=O)Nc2nnc(C3=COCCO3)o2)cc1. The molecule has 2 aromatic rings. The minimum atomic E-state index is -0.226. The summed E-state index contributed by atoms with van der Waals surface area (Å²) in [4.78, 5) is 13.2. The van der Waals surface area contributed by atoms with Crippen LogP contribution in [-0.4, -0.2) is 35.1 Å². The molecule has 0 atom stereocenters. The third-order valence-electron chi connectivity index (χ3n) is 3.13. The highest BCUT2D eigenvalue weighted by Gasteiger charge is 2.17. The summed E-state index contributed by atoms with van der Waals surface area (Å²) in [6.07, 6.45) is 1.65. The molecule has 0 radical (unpaired) electrons. The fraction of sp³-hybridized carbons (Fsp3) is 0.312. The van der Waals surface area contributed by atoms with Crippen LogP contribution >= 0.6 is 11.8 Å². The Morgan fingerprint density at radius 2 is 2.08 bits per heavy atom. The molecule has 1 aliphatic rings. The van der Waals surface area contributed by atoms with E-state index in [0.29, 0.717) is 19.0 Å². The lowest BCUT2D eigenvalue weighted by Crippen LogP contribution is -2.14. The summed E-state index contributed by atoms with van der Waals surface area (Å²) in [5.41, 5.74) is 0.916. The van der Waals surface area contributed by atoms with Crippen LogP contribution in [0.15, 0.2) is 39.8 Å². The molecule has 0 aliphatic carbocycles. The van der Waals surface area contributed by atoms with Crippen molar-refractivity contribution < 1.29 is 18.7 Å². The monoisotopic (exact) mass is 347 g/mol. The molecule has 0 saturated carbocycles. The molecule has 0 unspecified atom stereocenters. The van der Waals surface area contributed by atoms with Gasteiger partial charge in [-0.3, -0.25) is 10.1 Å². The fourth-order valence-corrected chi connectivity index (χ4v) is 2.73. The van der Waals surface area contributed by atoms with Crippen LogP contribution in [0.3, 0.4) is 0 Å². The van der Waals surface area contributed by atoms with Gasteiger partial charge in [0.2, 0.25) is 11.7 Å². The van der Waals surface area contributed by atoms with Gasteiger partial charge in [0.15, 0.2) is 0 Å². The fourth-order valence-electron chi connectivity index (χ4n) is 2.07. The molecule has 126 valence electrons. The lowest BCUT2D eigenvalue weighted by atomic mass is 10.1. The Morgan fingerprint density at radius 1 is 1.25 bits per heavy atom. The maximum atomic E-state index is 12.1. The molecule has 8 heteroatoms. The van der Waals surface area contributed by atoms with Crippen molar-refractivity contribution in [2.24, 2.45) is 0 Å². The van der Waals surface area contributed by atoms with E-state index in [2.05, 4.69) is 22.4 Å². The standard InChI is InChI=1S/C16H17N3O4S/c1-2-24-12-5-3-11(4-6-12)9-14(20)17-16-19-18-15(23-16)13-10-21-7-8-22-13/h3-6,10H,2,7-9H2,1H3,(H,17,19,20). The minimum absolute atomic E-state index is 0.0308. The van der Waals surface area contributed by atoms with Gasteiger partial charge in [-0.25, -0.2) is 0 Å². The van der Waals surface area contributed by atoms with Crippen LogP contribution in [0.4, 0.5) is 6.01 Å². The Kier molecular flexibility index (Phi) is 5.37. The molecule has 3 rings (SSSR count). The molecule has 24 heavy (non-hydrogen) atoms. The lowest BCUT2D eigenvalue weighted by molar-refractivity contribution is -0.115. The van der Waals surface area contributed by atoms with Crippen molar-refractivity contribution in [1.29, 1.82) is 0 Å². The number of hydrogen-bond donors (Lipinski definition) is 1. The van der Waals surface area contributed by atoms with Gasteiger partial charge in [-0.15, -0.1) is 16.9 Å². The number of amides is 1. The van der Waals surface area contributed by atoms with Crippen LogP contribution in [-0.2, 0) is 20.7 Å². The zero-order chi connectivity index (χ0) is 16.8. The molecule has 0 fully saturated rings. The van der Waals surface area contributed by atoms with Gasteiger partial charge in [-0.05, 0) is 23.4 Å². The normalized spacial score (nSPS) is 13.6. The van der Waals surface area contributed by atoms with Crippen molar-refractivity contribution >= 4 is 29.4 Å². The van der Waals surface area contributed by atoms with E-state index >= 15 is 0 Å². The van der Waals surface area contributed by atoms with E-state index < -0.39 is 0 Å². The van der Waals surface area contributed by atoms with E-state index in [-0.39, 0.29) is 24.2 Å². The molecular formula is C16H17N3O4S. The molecule has 0 bridgehead atoms. The number of thioether (sulfide) groups is 1. The molecule has 0 saturated heterocycles. The van der Waals surface area contributed by atoms with Gasteiger partial charge in [0.25, 0.3) is 5.89 Å². The van der Waals surface area contributed by atoms with Gasteiger partial charge in [0.1, 0.15) is 19.5 Å². The second-order valence-electron chi connectivity index (χ2n) is 4.92. The highest BCUT2D eigenvalue weighted by molar-refractivity contribution is 7.99. The first kappa shape index (κ1) is 16.4. The molecule has 1 N–H and O–H groups in total. The number of rotatable bonds is 6. The van der Waals surface area contributed by atoms with Crippen LogP contribution < -0.4 is 5.32 Å². The van der Waals surface area contributed by atoms with Gasteiger partial charge >= 0.3 is 6.01 Å². The molecular weight excluding hydrogens is 330 g/mol. The molecule has 1 aromatic heterocycles. The summed E-state index contributed by atoms with van der Waals surface area (Å²) in [6, 6.07) is 7.93. The van der Waals surface area contributed by atoms with Crippen LogP contribution in [0.2, 0.25) is 0 Å². The number of carbonyl (C=O) groups excluding carboxylic acids is 1. The van der Waals surface area contributed by atoms with Crippen molar-refractivity contribution in [2.45, 2.75) is 18.2 Å². The number of ether oxygens (including phenoxy) is 2. The number of aromatic nitrogens is 2. The van der Waals surface area contributed by atoms with Crippen LogP contribution in [0.25, 0.3) is 5.76 Å². The molecule has 1 aromatic carbocycles. The summed E-state index contributed by atoms with van der Waals surface area (Å²) in [7, 11) is 0. The van der Waals surface area contributed by atoms with Gasteiger partial charge < -0.3 is 13.9 Å². The van der Waals surface area contributed by atoms with Gasteiger partial charge in [0.05, 0.1) is 6.42 Å². The second-order valence-corrected chi connectivity index (χ2v) is 6.25.